The normalized spacial score (nSPS) is 11.0. The average molecular weight is 284 g/mol. The summed E-state index contributed by atoms with van der Waals surface area (Å²) < 4.78 is 2.22. The number of imidazole rings is 1. The fourth-order valence-corrected chi connectivity index (χ4v) is 2.80. The second-order valence-corrected chi connectivity index (χ2v) is 5.48. The second-order valence-electron chi connectivity index (χ2n) is 5.48. The lowest BCUT2D eigenvalue weighted by atomic mass is 10.1. The van der Waals surface area contributed by atoms with Crippen LogP contribution < -0.4 is 0 Å². The lowest BCUT2D eigenvalue weighted by molar-refractivity contribution is 1.19. The summed E-state index contributed by atoms with van der Waals surface area (Å²) in [6.07, 6.45) is 1.95. The van der Waals surface area contributed by atoms with E-state index in [1.165, 1.54) is 16.7 Å². The number of nitrogens with zero attached hydrogens (tertiary/aromatic N) is 2. The molecule has 0 saturated heterocycles. The van der Waals surface area contributed by atoms with E-state index < -0.39 is 0 Å². The molecule has 4 rings (SSSR count). The molecule has 0 spiro atoms. The van der Waals surface area contributed by atoms with Crippen molar-refractivity contribution >= 4 is 5.65 Å². The Kier molecular flexibility index (Phi) is 3.01. The fraction of sp³-hybridized carbons (Fsp3) is 0.0500. The van der Waals surface area contributed by atoms with Gasteiger partial charge in [-0.2, -0.15) is 0 Å². The van der Waals surface area contributed by atoms with Gasteiger partial charge < -0.3 is 0 Å². The molecule has 0 radical (unpaired) electrons. The molecular formula is C20H16N2. The van der Waals surface area contributed by atoms with E-state index in [-0.39, 0.29) is 0 Å². The van der Waals surface area contributed by atoms with Crippen LogP contribution in [0.4, 0.5) is 0 Å². The van der Waals surface area contributed by atoms with Crippen molar-refractivity contribution in [3.63, 3.8) is 0 Å². The Labute approximate surface area is 129 Å². The van der Waals surface area contributed by atoms with Crippen molar-refractivity contribution in [3.05, 3.63) is 84.6 Å². The lowest BCUT2D eigenvalue weighted by Crippen LogP contribution is -1.94. The highest BCUT2D eigenvalue weighted by atomic mass is 15.0. The molecule has 4 aromatic rings. The van der Waals surface area contributed by atoms with Gasteiger partial charge in [-0.15, -0.1) is 0 Å². The third-order valence-corrected chi connectivity index (χ3v) is 3.95. The summed E-state index contributed by atoms with van der Waals surface area (Å²) in [6.45, 7) is 2.11. The second kappa shape index (κ2) is 5.15. The van der Waals surface area contributed by atoms with E-state index in [4.69, 9.17) is 0 Å². The molecule has 2 aromatic carbocycles. The highest BCUT2D eigenvalue weighted by Gasteiger charge is 2.10. The van der Waals surface area contributed by atoms with Crippen molar-refractivity contribution in [1.82, 2.24) is 9.38 Å². The van der Waals surface area contributed by atoms with E-state index in [0.29, 0.717) is 0 Å². The highest BCUT2D eigenvalue weighted by molar-refractivity contribution is 5.71. The van der Waals surface area contributed by atoms with Crippen molar-refractivity contribution in [2.75, 3.05) is 0 Å². The SMILES string of the molecule is Cc1ccc(-c2cccc3ncc(-c4ccccc4)n23)cc1. The van der Waals surface area contributed by atoms with Crippen LogP contribution in [0.25, 0.3) is 28.2 Å². The maximum atomic E-state index is 4.56. The Morgan fingerprint density at radius 1 is 0.682 bits per heavy atom. The largest absolute Gasteiger partial charge is 0.292 e. The number of aromatic nitrogens is 2. The number of rotatable bonds is 2. The van der Waals surface area contributed by atoms with Gasteiger partial charge in [-0.3, -0.25) is 4.40 Å². The minimum absolute atomic E-state index is 0.969. The Hall–Kier alpha value is -2.87. The first-order valence-corrected chi connectivity index (χ1v) is 7.42. The van der Waals surface area contributed by atoms with E-state index in [0.717, 1.165) is 17.0 Å². The molecule has 0 fully saturated rings. The topological polar surface area (TPSA) is 17.3 Å². The Bertz CT molecular complexity index is 919. The van der Waals surface area contributed by atoms with Gasteiger partial charge in [-0.1, -0.05) is 66.2 Å². The number of hydrogen-bond acceptors (Lipinski definition) is 1. The third kappa shape index (κ3) is 2.09. The van der Waals surface area contributed by atoms with E-state index in [1.54, 1.807) is 0 Å². The summed E-state index contributed by atoms with van der Waals surface area (Å²) in [5.74, 6) is 0. The molecule has 2 heterocycles. The van der Waals surface area contributed by atoms with Gasteiger partial charge in [-0.25, -0.2) is 4.98 Å². The zero-order chi connectivity index (χ0) is 14.9. The van der Waals surface area contributed by atoms with Gasteiger partial charge in [0.15, 0.2) is 0 Å². The van der Waals surface area contributed by atoms with E-state index >= 15 is 0 Å². The van der Waals surface area contributed by atoms with E-state index in [9.17, 15) is 0 Å². The van der Waals surface area contributed by atoms with Gasteiger partial charge in [0.05, 0.1) is 17.6 Å². The predicted octanol–water partition coefficient (Wildman–Crippen LogP) is 4.98. The average Bonchev–Trinajstić information content (AvgIpc) is 3.00. The Morgan fingerprint density at radius 3 is 2.18 bits per heavy atom. The molecule has 0 atom stereocenters. The maximum Gasteiger partial charge on any atom is 0.137 e. The molecule has 2 heteroatoms. The van der Waals surface area contributed by atoms with Gasteiger partial charge in [0.2, 0.25) is 0 Å². The van der Waals surface area contributed by atoms with Crippen molar-refractivity contribution < 1.29 is 0 Å². The predicted molar refractivity (Wildman–Crippen MR) is 90.8 cm³/mol. The third-order valence-electron chi connectivity index (χ3n) is 3.95. The molecular weight excluding hydrogens is 268 g/mol. The zero-order valence-electron chi connectivity index (χ0n) is 12.4. The summed E-state index contributed by atoms with van der Waals surface area (Å²) >= 11 is 0. The molecule has 106 valence electrons. The fourth-order valence-electron chi connectivity index (χ4n) is 2.80. The Morgan fingerprint density at radius 2 is 1.41 bits per heavy atom. The summed E-state index contributed by atoms with van der Waals surface area (Å²) in [4.78, 5) is 4.56. The number of hydrogen-bond donors (Lipinski definition) is 0. The van der Waals surface area contributed by atoms with Crippen LogP contribution in [-0.2, 0) is 0 Å². The number of pyridine rings is 1. The first-order chi connectivity index (χ1) is 10.8. The standard InChI is InChI=1S/C20H16N2/c1-15-10-12-17(13-11-15)18-8-5-9-20-21-14-19(22(18)20)16-6-3-2-4-7-16/h2-14H,1H3. The van der Waals surface area contributed by atoms with Crippen LogP contribution in [0.1, 0.15) is 5.56 Å². The summed E-state index contributed by atoms with van der Waals surface area (Å²) in [7, 11) is 0. The molecule has 2 nitrogen and oxygen atoms in total. The van der Waals surface area contributed by atoms with Gasteiger partial charge >= 0.3 is 0 Å². The number of fused-ring (bicyclic) bond motifs is 1. The van der Waals surface area contributed by atoms with Crippen LogP contribution in [-0.4, -0.2) is 9.38 Å². The molecule has 22 heavy (non-hydrogen) atoms. The Balaban J connectivity index is 2.00. The first kappa shape index (κ1) is 12.8. The zero-order valence-corrected chi connectivity index (χ0v) is 12.4. The van der Waals surface area contributed by atoms with Crippen molar-refractivity contribution in [2.24, 2.45) is 0 Å². The quantitative estimate of drug-likeness (QED) is 0.507. The van der Waals surface area contributed by atoms with Gasteiger partial charge in [0.25, 0.3) is 0 Å². The van der Waals surface area contributed by atoms with E-state index in [1.807, 2.05) is 18.3 Å². The van der Waals surface area contributed by atoms with Crippen LogP contribution in [0.15, 0.2) is 79.0 Å². The maximum absolute atomic E-state index is 4.56. The summed E-state index contributed by atoms with van der Waals surface area (Å²) in [5.41, 5.74) is 6.89. The molecule has 0 aliphatic carbocycles. The van der Waals surface area contributed by atoms with E-state index in [2.05, 4.69) is 77.0 Å². The lowest BCUT2D eigenvalue weighted by Gasteiger charge is -2.10. The molecule has 0 amide bonds. The van der Waals surface area contributed by atoms with Crippen molar-refractivity contribution in [1.29, 1.82) is 0 Å². The minimum Gasteiger partial charge on any atom is -0.292 e. The van der Waals surface area contributed by atoms with Crippen LogP contribution in [0.2, 0.25) is 0 Å². The summed E-state index contributed by atoms with van der Waals surface area (Å²) in [6, 6.07) is 25.3. The summed E-state index contributed by atoms with van der Waals surface area (Å²) in [5, 5.41) is 0. The molecule has 0 aliphatic rings. The minimum atomic E-state index is 0.969. The smallest absolute Gasteiger partial charge is 0.137 e. The first-order valence-electron chi connectivity index (χ1n) is 7.42. The molecule has 0 unspecified atom stereocenters. The highest BCUT2D eigenvalue weighted by Crippen LogP contribution is 2.27. The molecule has 0 aliphatic heterocycles. The van der Waals surface area contributed by atoms with Crippen molar-refractivity contribution in [3.8, 4) is 22.5 Å². The number of aryl methyl sites for hydroxylation is 1. The van der Waals surface area contributed by atoms with Crippen molar-refractivity contribution in [2.45, 2.75) is 6.92 Å². The molecule has 0 bridgehead atoms. The van der Waals surface area contributed by atoms with Crippen LogP contribution in [0.5, 0.6) is 0 Å². The monoisotopic (exact) mass is 284 g/mol. The number of benzene rings is 2. The van der Waals surface area contributed by atoms with Gasteiger partial charge in [-0.05, 0) is 24.6 Å². The molecule has 0 N–H and O–H groups in total. The van der Waals surface area contributed by atoms with Crippen LogP contribution in [0.3, 0.4) is 0 Å². The molecule has 2 aromatic heterocycles. The van der Waals surface area contributed by atoms with Gasteiger partial charge in [0, 0.05) is 5.56 Å². The van der Waals surface area contributed by atoms with Gasteiger partial charge in [0.1, 0.15) is 5.65 Å². The van der Waals surface area contributed by atoms with Crippen LogP contribution >= 0.6 is 0 Å². The van der Waals surface area contributed by atoms with Crippen LogP contribution in [0, 0.1) is 6.92 Å². The molecule has 0 saturated carbocycles.